The van der Waals surface area contributed by atoms with E-state index < -0.39 is 29.1 Å². The molecule has 36 heavy (non-hydrogen) atoms. The first-order valence-corrected chi connectivity index (χ1v) is 12.2. The first-order valence-electron chi connectivity index (χ1n) is 11.4. The van der Waals surface area contributed by atoms with Crippen LogP contribution in [-0.2, 0) is 18.0 Å². The van der Waals surface area contributed by atoms with Crippen LogP contribution in [0.4, 0.5) is 23.9 Å². The lowest BCUT2D eigenvalue weighted by Crippen LogP contribution is -2.54. The van der Waals surface area contributed by atoms with Crippen LogP contribution in [0, 0.1) is 0 Å². The minimum atomic E-state index is -4.57. The topological polar surface area (TPSA) is 98.1 Å². The van der Waals surface area contributed by atoms with Crippen LogP contribution < -0.4 is 10.2 Å². The van der Waals surface area contributed by atoms with Gasteiger partial charge in [-0.25, -0.2) is 14.8 Å². The summed E-state index contributed by atoms with van der Waals surface area (Å²) < 4.78 is 47.1. The lowest BCUT2D eigenvalue weighted by atomic mass is 9.90. The molecule has 3 aromatic heterocycles. The summed E-state index contributed by atoms with van der Waals surface area (Å²) in [4.78, 5) is 31.2. The Morgan fingerprint density at radius 2 is 1.86 bits per heavy atom. The molecule has 9 nitrogen and oxygen atoms in total. The molecule has 1 saturated heterocycles. The molecule has 0 radical (unpaired) electrons. The molecule has 1 amide bonds. The lowest BCUT2D eigenvalue weighted by molar-refractivity contribution is -0.143. The first-order chi connectivity index (χ1) is 16.7. The van der Waals surface area contributed by atoms with E-state index in [2.05, 4.69) is 30.2 Å². The van der Waals surface area contributed by atoms with Gasteiger partial charge in [0, 0.05) is 36.8 Å². The molecule has 0 aliphatic carbocycles. The minimum absolute atomic E-state index is 0.0474. The second-order valence-electron chi connectivity index (χ2n) is 9.95. The largest absolute Gasteiger partial charge is 0.444 e. The smallest absolute Gasteiger partial charge is 0.434 e. The Labute approximate surface area is 210 Å². The lowest BCUT2D eigenvalue weighted by Gasteiger charge is -2.40. The summed E-state index contributed by atoms with van der Waals surface area (Å²) in [6.07, 6.45) is -1.13. The van der Waals surface area contributed by atoms with Gasteiger partial charge in [0.25, 0.3) is 0 Å². The third kappa shape index (κ3) is 5.82. The van der Waals surface area contributed by atoms with Crippen molar-refractivity contribution in [3.8, 4) is 0 Å². The number of alkyl halides is 3. The van der Waals surface area contributed by atoms with Gasteiger partial charge in [0.05, 0.1) is 6.20 Å². The molecule has 0 aromatic carbocycles. The highest BCUT2D eigenvalue weighted by Gasteiger charge is 2.36. The molecule has 4 rings (SSSR count). The third-order valence-electron chi connectivity index (χ3n) is 5.74. The van der Waals surface area contributed by atoms with E-state index in [4.69, 9.17) is 4.74 Å². The number of halogens is 3. The van der Waals surface area contributed by atoms with Crippen LogP contribution in [0.3, 0.4) is 0 Å². The number of nitrogens with zero attached hydrogens (tertiary/aromatic N) is 6. The van der Waals surface area contributed by atoms with E-state index in [1.54, 1.807) is 11.6 Å². The van der Waals surface area contributed by atoms with Crippen molar-refractivity contribution in [3.05, 3.63) is 30.2 Å². The van der Waals surface area contributed by atoms with Gasteiger partial charge in [-0.3, -0.25) is 9.55 Å². The quantitative estimate of drug-likeness (QED) is 0.520. The molecular weight excluding hydrogens is 495 g/mol. The number of rotatable bonds is 4. The van der Waals surface area contributed by atoms with Gasteiger partial charge in [-0.1, -0.05) is 11.8 Å². The number of pyridine rings is 1. The van der Waals surface area contributed by atoms with Crippen molar-refractivity contribution in [3.63, 3.8) is 0 Å². The Balaban J connectivity index is 1.49. The van der Waals surface area contributed by atoms with Gasteiger partial charge < -0.3 is 15.0 Å². The van der Waals surface area contributed by atoms with Crippen LogP contribution >= 0.6 is 11.8 Å². The van der Waals surface area contributed by atoms with Crippen molar-refractivity contribution in [1.82, 2.24) is 29.8 Å². The number of carbonyl (C=O) groups is 1. The van der Waals surface area contributed by atoms with Gasteiger partial charge in [0.1, 0.15) is 10.6 Å². The highest BCUT2D eigenvalue weighted by atomic mass is 32.2. The maximum atomic E-state index is 13.3. The number of hydrogen-bond acceptors (Lipinski definition) is 8. The van der Waals surface area contributed by atoms with Crippen molar-refractivity contribution in [2.45, 2.75) is 67.8 Å². The summed E-state index contributed by atoms with van der Waals surface area (Å²) in [6.45, 7) is 8.72. The van der Waals surface area contributed by atoms with Crippen molar-refractivity contribution < 1.29 is 22.7 Å². The van der Waals surface area contributed by atoms with Gasteiger partial charge in [-0.15, -0.1) is 0 Å². The molecular formula is C23H28F3N7O2S. The molecule has 3 aromatic rings. The van der Waals surface area contributed by atoms with Crippen molar-refractivity contribution in [2.75, 3.05) is 18.0 Å². The van der Waals surface area contributed by atoms with Crippen LogP contribution in [0.15, 0.2) is 34.4 Å². The normalized spacial score (nSPS) is 16.3. The van der Waals surface area contributed by atoms with Crippen molar-refractivity contribution in [2.24, 2.45) is 7.05 Å². The van der Waals surface area contributed by atoms with Crippen LogP contribution in [0.5, 0.6) is 0 Å². The Bertz CT molecular complexity index is 1260. The Morgan fingerprint density at radius 1 is 1.17 bits per heavy atom. The molecule has 0 saturated carbocycles. The van der Waals surface area contributed by atoms with E-state index in [0.29, 0.717) is 48.2 Å². The fourth-order valence-electron chi connectivity index (χ4n) is 3.93. The maximum Gasteiger partial charge on any atom is 0.434 e. The van der Waals surface area contributed by atoms with Crippen LogP contribution in [0.2, 0.25) is 0 Å². The predicted octanol–water partition coefficient (Wildman–Crippen LogP) is 4.81. The third-order valence-corrected chi connectivity index (χ3v) is 6.70. The van der Waals surface area contributed by atoms with Gasteiger partial charge in [-0.2, -0.15) is 18.2 Å². The zero-order valence-electron chi connectivity index (χ0n) is 20.7. The summed E-state index contributed by atoms with van der Waals surface area (Å²) in [5.41, 5.74) is -1.08. The number of imidazole rings is 1. The fourth-order valence-corrected chi connectivity index (χ4v) is 4.81. The molecule has 0 bridgehead atoms. The van der Waals surface area contributed by atoms with E-state index in [1.165, 1.54) is 18.3 Å². The summed E-state index contributed by atoms with van der Waals surface area (Å²) in [5.74, 6) is 0.656. The number of fused-ring (bicyclic) bond motifs is 1. The molecule has 1 aliphatic heterocycles. The molecule has 0 spiro atoms. The number of amides is 1. The van der Waals surface area contributed by atoms with Gasteiger partial charge in [-0.05, 0) is 52.7 Å². The number of carbonyl (C=O) groups excluding carboxylic acids is 1. The number of hydrogen-bond donors (Lipinski definition) is 1. The minimum Gasteiger partial charge on any atom is -0.444 e. The highest BCUT2D eigenvalue weighted by molar-refractivity contribution is 7.99. The van der Waals surface area contributed by atoms with Crippen LogP contribution in [0.1, 0.15) is 46.2 Å². The average Bonchev–Trinajstić information content (AvgIpc) is 3.08. The number of piperidine rings is 1. The Hall–Kier alpha value is -3.09. The van der Waals surface area contributed by atoms with Gasteiger partial charge in [0.15, 0.2) is 17.0 Å². The van der Waals surface area contributed by atoms with Crippen molar-refractivity contribution in [1.29, 1.82) is 0 Å². The van der Waals surface area contributed by atoms with E-state index in [1.807, 2.05) is 27.7 Å². The second kappa shape index (κ2) is 9.41. The fraction of sp³-hybridized carbons (Fsp3) is 0.522. The van der Waals surface area contributed by atoms with E-state index in [0.717, 1.165) is 18.0 Å². The highest BCUT2D eigenvalue weighted by Crippen LogP contribution is 2.37. The van der Waals surface area contributed by atoms with Gasteiger partial charge in [0.2, 0.25) is 5.95 Å². The van der Waals surface area contributed by atoms with Gasteiger partial charge >= 0.3 is 12.3 Å². The Kier molecular flexibility index (Phi) is 6.80. The number of ether oxygens (including phenoxy) is 1. The number of aryl methyl sites for hydroxylation is 1. The summed E-state index contributed by atoms with van der Waals surface area (Å²) in [7, 11) is 1.80. The molecule has 13 heteroatoms. The molecule has 0 unspecified atom stereocenters. The monoisotopic (exact) mass is 523 g/mol. The number of anilines is 1. The maximum absolute atomic E-state index is 13.3. The standard InChI is InChI=1S/C23H28F3N7O2S/c1-21(2,3)35-20(34)31-22(4)8-11-33(12-9-22)19-30-17-18(32(19)5)29-15(13-28-17)36-14-7-6-10-27-16(14)23(24,25)26/h6-7,10,13H,8-9,11-12H2,1-5H3,(H,31,34). The summed E-state index contributed by atoms with van der Waals surface area (Å²) in [6, 6.07) is 2.81. The zero-order chi connectivity index (χ0) is 26.3. The second-order valence-corrected chi connectivity index (χ2v) is 11.0. The molecule has 1 aliphatic rings. The number of aromatic nitrogens is 5. The van der Waals surface area contributed by atoms with E-state index >= 15 is 0 Å². The van der Waals surface area contributed by atoms with Crippen LogP contribution in [-0.4, -0.2) is 54.8 Å². The molecule has 0 atom stereocenters. The molecule has 4 heterocycles. The SMILES string of the molecule is Cn1c(N2CCC(C)(NC(=O)OC(C)(C)C)CC2)nc2ncc(Sc3cccnc3C(F)(F)F)nc21. The number of alkyl carbamates (subject to hydrolysis) is 1. The van der Waals surface area contributed by atoms with Crippen molar-refractivity contribution >= 4 is 35.1 Å². The average molecular weight is 524 g/mol. The molecule has 1 N–H and O–H groups in total. The van der Waals surface area contributed by atoms with E-state index in [9.17, 15) is 18.0 Å². The zero-order valence-corrected chi connectivity index (χ0v) is 21.5. The molecule has 1 fully saturated rings. The number of nitrogens with one attached hydrogen (secondary N) is 1. The summed E-state index contributed by atoms with van der Waals surface area (Å²) >= 11 is 0.856. The first kappa shape index (κ1) is 26.0. The summed E-state index contributed by atoms with van der Waals surface area (Å²) in [5, 5.41) is 3.29. The Morgan fingerprint density at radius 3 is 2.50 bits per heavy atom. The van der Waals surface area contributed by atoms with Crippen LogP contribution in [0.25, 0.3) is 11.3 Å². The predicted molar refractivity (Wildman–Crippen MR) is 129 cm³/mol. The molecule has 194 valence electrons. The van der Waals surface area contributed by atoms with E-state index in [-0.39, 0.29) is 4.90 Å².